The summed E-state index contributed by atoms with van der Waals surface area (Å²) in [6, 6.07) is 21.1. The van der Waals surface area contributed by atoms with Gasteiger partial charge in [0.05, 0.1) is 0 Å². The van der Waals surface area contributed by atoms with E-state index in [9.17, 15) is 0 Å². The fraction of sp³-hybridized carbons (Fsp3) is 0.250. The van der Waals surface area contributed by atoms with Crippen molar-refractivity contribution in [2.24, 2.45) is 0 Å². The number of hydrogen-bond acceptors (Lipinski definition) is 1. The molecule has 2 heteroatoms. The van der Waals surface area contributed by atoms with E-state index in [1.165, 1.54) is 11.1 Å². The van der Waals surface area contributed by atoms with E-state index in [-0.39, 0.29) is 5.60 Å². The molecule has 0 fully saturated rings. The van der Waals surface area contributed by atoms with Crippen LogP contribution in [0.25, 0.3) is 0 Å². The molecule has 0 radical (unpaired) electrons. The highest BCUT2D eigenvalue weighted by Crippen LogP contribution is 2.37. The summed E-state index contributed by atoms with van der Waals surface area (Å²) in [5.74, 6) is 0. The van der Waals surface area contributed by atoms with Crippen LogP contribution in [0, 0.1) is 0 Å². The quantitative estimate of drug-likeness (QED) is 0.747. The van der Waals surface area contributed by atoms with Gasteiger partial charge in [0.25, 0.3) is 0 Å². The highest BCUT2D eigenvalue weighted by Gasteiger charge is 2.32. The molecule has 94 valence electrons. The Balaban J connectivity index is 2.53. The smallest absolute Gasteiger partial charge is 0.147 e. The first-order valence-electron chi connectivity index (χ1n) is 6.49. The Morgan fingerprint density at radius 1 is 0.889 bits per heavy atom. The third-order valence-corrected chi connectivity index (χ3v) is 4.13. The SMILES string of the molecule is CCCC(O[SiH3])(c1ccccc1)c1ccccc1. The minimum atomic E-state index is -0.260. The van der Waals surface area contributed by atoms with Gasteiger partial charge >= 0.3 is 0 Å². The number of hydrogen-bond donors (Lipinski definition) is 0. The minimum Gasteiger partial charge on any atom is -0.414 e. The molecule has 0 aliphatic rings. The summed E-state index contributed by atoms with van der Waals surface area (Å²) in [5, 5.41) is 0. The van der Waals surface area contributed by atoms with E-state index in [0.29, 0.717) is 0 Å². The Kier molecular flexibility index (Phi) is 4.34. The van der Waals surface area contributed by atoms with Crippen LogP contribution in [0.15, 0.2) is 60.7 Å². The molecule has 2 rings (SSSR count). The van der Waals surface area contributed by atoms with Crippen LogP contribution < -0.4 is 0 Å². The highest BCUT2D eigenvalue weighted by molar-refractivity contribution is 5.98. The van der Waals surface area contributed by atoms with E-state index in [4.69, 9.17) is 4.43 Å². The molecule has 0 aromatic heterocycles. The molecule has 0 amide bonds. The van der Waals surface area contributed by atoms with Gasteiger partial charge in [0.15, 0.2) is 0 Å². The molecule has 0 N–H and O–H groups in total. The molecule has 0 saturated carbocycles. The van der Waals surface area contributed by atoms with E-state index >= 15 is 0 Å². The molecule has 0 aliphatic carbocycles. The predicted molar refractivity (Wildman–Crippen MR) is 79.6 cm³/mol. The predicted octanol–water partition coefficient (Wildman–Crippen LogP) is 3.03. The van der Waals surface area contributed by atoms with E-state index in [1.807, 2.05) is 0 Å². The number of benzene rings is 2. The van der Waals surface area contributed by atoms with Crippen molar-refractivity contribution in [2.75, 3.05) is 0 Å². The van der Waals surface area contributed by atoms with Crippen molar-refractivity contribution in [2.45, 2.75) is 25.4 Å². The summed E-state index contributed by atoms with van der Waals surface area (Å²) >= 11 is 0. The van der Waals surface area contributed by atoms with E-state index < -0.39 is 0 Å². The molecular weight excluding hydrogens is 236 g/mol. The van der Waals surface area contributed by atoms with Crippen molar-refractivity contribution in [3.63, 3.8) is 0 Å². The van der Waals surface area contributed by atoms with Crippen molar-refractivity contribution in [1.29, 1.82) is 0 Å². The Hall–Kier alpha value is -1.38. The lowest BCUT2D eigenvalue weighted by atomic mass is 9.83. The van der Waals surface area contributed by atoms with Gasteiger partial charge in [0, 0.05) is 0 Å². The summed E-state index contributed by atoms with van der Waals surface area (Å²) in [4.78, 5) is 0. The van der Waals surface area contributed by atoms with Gasteiger partial charge in [-0.3, -0.25) is 0 Å². The van der Waals surface area contributed by atoms with Gasteiger partial charge in [-0.05, 0) is 17.5 Å². The van der Waals surface area contributed by atoms with Crippen LogP contribution in [-0.4, -0.2) is 10.5 Å². The van der Waals surface area contributed by atoms with Crippen LogP contribution >= 0.6 is 0 Å². The van der Waals surface area contributed by atoms with Gasteiger partial charge in [-0.15, -0.1) is 0 Å². The lowest BCUT2D eigenvalue weighted by Crippen LogP contribution is -2.30. The third kappa shape index (κ3) is 2.40. The first kappa shape index (κ1) is 13.1. The summed E-state index contributed by atoms with van der Waals surface area (Å²) < 4.78 is 6.09. The maximum absolute atomic E-state index is 6.09. The second-order valence-corrected chi connectivity index (χ2v) is 4.92. The number of rotatable bonds is 5. The summed E-state index contributed by atoms with van der Waals surface area (Å²) in [7, 11) is 0.730. The van der Waals surface area contributed by atoms with Gasteiger partial charge in [0.1, 0.15) is 16.1 Å². The standard InChI is InChI=1S/C16H20OSi/c1-2-13-16(17-18,14-9-5-3-6-10-14)15-11-7-4-8-12-15/h3-12H,2,13H2,1,18H3. The van der Waals surface area contributed by atoms with Crippen LogP contribution in [0.2, 0.25) is 0 Å². The second kappa shape index (κ2) is 5.98. The van der Waals surface area contributed by atoms with Crippen LogP contribution in [0.3, 0.4) is 0 Å². The summed E-state index contributed by atoms with van der Waals surface area (Å²) in [6.07, 6.45) is 2.12. The van der Waals surface area contributed by atoms with E-state index in [2.05, 4.69) is 67.6 Å². The summed E-state index contributed by atoms with van der Waals surface area (Å²) in [6.45, 7) is 2.21. The van der Waals surface area contributed by atoms with Gasteiger partial charge < -0.3 is 4.43 Å². The van der Waals surface area contributed by atoms with Crippen molar-refractivity contribution in [3.05, 3.63) is 71.8 Å². The third-order valence-electron chi connectivity index (χ3n) is 3.43. The Morgan fingerprint density at radius 2 is 1.33 bits per heavy atom. The van der Waals surface area contributed by atoms with Crippen molar-refractivity contribution >= 4 is 10.5 Å². The van der Waals surface area contributed by atoms with E-state index in [1.54, 1.807) is 0 Å². The maximum atomic E-state index is 6.09. The zero-order chi connectivity index (χ0) is 12.8. The molecule has 2 aromatic rings. The zero-order valence-electron chi connectivity index (χ0n) is 11.1. The van der Waals surface area contributed by atoms with E-state index in [0.717, 1.165) is 23.3 Å². The van der Waals surface area contributed by atoms with Crippen molar-refractivity contribution in [1.82, 2.24) is 0 Å². The Bertz CT molecular complexity index is 427. The molecule has 1 nitrogen and oxygen atoms in total. The van der Waals surface area contributed by atoms with Crippen LogP contribution in [0.4, 0.5) is 0 Å². The lowest BCUT2D eigenvalue weighted by Gasteiger charge is -2.34. The average molecular weight is 256 g/mol. The average Bonchev–Trinajstić information content (AvgIpc) is 2.47. The molecular formula is C16H20OSi. The van der Waals surface area contributed by atoms with Crippen molar-refractivity contribution < 1.29 is 4.43 Å². The fourth-order valence-electron chi connectivity index (χ4n) is 2.56. The topological polar surface area (TPSA) is 9.23 Å². The molecule has 2 aromatic carbocycles. The van der Waals surface area contributed by atoms with Crippen molar-refractivity contribution in [3.8, 4) is 0 Å². The maximum Gasteiger partial charge on any atom is 0.147 e. The molecule has 0 aliphatic heterocycles. The molecule has 0 heterocycles. The molecule has 0 bridgehead atoms. The zero-order valence-corrected chi connectivity index (χ0v) is 13.1. The minimum absolute atomic E-state index is 0.260. The molecule has 18 heavy (non-hydrogen) atoms. The second-order valence-electron chi connectivity index (χ2n) is 4.51. The molecule has 0 saturated heterocycles. The highest BCUT2D eigenvalue weighted by atomic mass is 28.2. The summed E-state index contributed by atoms with van der Waals surface area (Å²) in [5.41, 5.74) is 2.25. The Morgan fingerprint density at radius 3 is 1.67 bits per heavy atom. The first-order chi connectivity index (χ1) is 8.83. The van der Waals surface area contributed by atoms with Gasteiger partial charge in [-0.2, -0.15) is 0 Å². The van der Waals surface area contributed by atoms with Crippen LogP contribution in [0.5, 0.6) is 0 Å². The van der Waals surface area contributed by atoms with Gasteiger partial charge in [-0.1, -0.05) is 74.0 Å². The first-order valence-corrected chi connectivity index (χ1v) is 7.31. The van der Waals surface area contributed by atoms with Gasteiger partial charge in [0.2, 0.25) is 0 Å². The van der Waals surface area contributed by atoms with Crippen LogP contribution in [0.1, 0.15) is 30.9 Å². The monoisotopic (exact) mass is 256 g/mol. The van der Waals surface area contributed by atoms with Crippen LogP contribution in [-0.2, 0) is 10.0 Å². The fourth-order valence-corrected chi connectivity index (χ4v) is 3.24. The molecule has 0 unspecified atom stereocenters. The largest absolute Gasteiger partial charge is 0.414 e. The normalized spacial score (nSPS) is 11.6. The lowest BCUT2D eigenvalue weighted by molar-refractivity contribution is 0.113. The molecule has 0 atom stereocenters. The molecule has 0 spiro atoms. The van der Waals surface area contributed by atoms with Gasteiger partial charge in [-0.25, -0.2) is 0 Å². The Labute approximate surface area is 112 Å².